The minimum Gasteiger partial charge on any atom is -0.422 e. The van der Waals surface area contributed by atoms with Gasteiger partial charge < -0.3 is 10.1 Å². The molecule has 0 aliphatic heterocycles. The molecule has 0 atom stereocenters. The Morgan fingerprint density at radius 1 is 1.00 bits per heavy atom. The Morgan fingerprint density at radius 2 is 1.73 bits per heavy atom. The van der Waals surface area contributed by atoms with Crippen molar-refractivity contribution in [3.05, 3.63) is 82.0 Å². The van der Waals surface area contributed by atoms with Crippen LogP contribution in [0.25, 0.3) is 0 Å². The van der Waals surface area contributed by atoms with E-state index in [0.29, 0.717) is 21.9 Å². The van der Waals surface area contributed by atoms with Gasteiger partial charge in [-0.25, -0.2) is 10.2 Å². The topological polar surface area (TPSA) is 96.9 Å². The first kappa shape index (κ1) is 20.9. The first-order chi connectivity index (χ1) is 14.5. The molecule has 0 bridgehead atoms. The monoisotopic (exact) mass is 421 g/mol. The van der Waals surface area contributed by atoms with Gasteiger partial charge in [-0.2, -0.15) is 5.10 Å². The Labute approximate surface area is 177 Å². The number of aryl methyl sites for hydroxylation is 1. The lowest BCUT2D eigenvalue weighted by Crippen LogP contribution is -2.32. The van der Waals surface area contributed by atoms with Crippen LogP contribution in [-0.2, 0) is 16.0 Å². The molecule has 0 unspecified atom stereocenters. The number of carbonyl (C=O) groups is 3. The molecule has 3 rings (SSSR count). The molecule has 8 heteroatoms. The van der Waals surface area contributed by atoms with Crippen molar-refractivity contribution >= 4 is 41.0 Å². The smallest absolute Gasteiger partial charge is 0.353 e. The van der Waals surface area contributed by atoms with E-state index >= 15 is 0 Å². The van der Waals surface area contributed by atoms with E-state index < -0.39 is 17.8 Å². The van der Waals surface area contributed by atoms with Crippen molar-refractivity contribution in [2.45, 2.75) is 13.3 Å². The number of benzene rings is 2. The van der Waals surface area contributed by atoms with E-state index in [9.17, 15) is 14.4 Å². The third kappa shape index (κ3) is 5.86. The summed E-state index contributed by atoms with van der Waals surface area (Å²) in [7, 11) is 0. The van der Waals surface area contributed by atoms with Crippen molar-refractivity contribution in [3.63, 3.8) is 0 Å². The van der Waals surface area contributed by atoms with Crippen LogP contribution in [0.5, 0.6) is 5.75 Å². The summed E-state index contributed by atoms with van der Waals surface area (Å²) in [5.41, 5.74) is 4.49. The molecule has 0 aliphatic carbocycles. The fourth-order valence-electron chi connectivity index (χ4n) is 2.40. The Bertz CT molecular complexity index is 1040. The summed E-state index contributed by atoms with van der Waals surface area (Å²) in [5, 5.41) is 8.08. The Morgan fingerprint density at radius 3 is 2.37 bits per heavy atom. The number of nitrogens with one attached hydrogen (secondary N) is 2. The molecule has 0 radical (unpaired) electrons. The lowest BCUT2D eigenvalue weighted by Gasteiger charge is -2.05. The first-order valence-electron chi connectivity index (χ1n) is 9.14. The van der Waals surface area contributed by atoms with Gasteiger partial charge >= 0.3 is 17.8 Å². The average molecular weight is 421 g/mol. The van der Waals surface area contributed by atoms with Gasteiger partial charge in [0, 0.05) is 5.69 Å². The largest absolute Gasteiger partial charge is 0.422 e. The Balaban J connectivity index is 1.48. The van der Waals surface area contributed by atoms with Gasteiger partial charge in [0.25, 0.3) is 0 Å². The molecule has 0 saturated carbocycles. The quantitative estimate of drug-likeness (QED) is 0.209. The molecule has 152 valence electrons. The normalized spacial score (nSPS) is 10.6. The van der Waals surface area contributed by atoms with Gasteiger partial charge in [-0.05, 0) is 65.4 Å². The molecule has 2 amide bonds. The number of esters is 1. The molecule has 30 heavy (non-hydrogen) atoms. The number of anilines is 1. The molecule has 0 fully saturated rings. The summed E-state index contributed by atoms with van der Waals surface area (Å²) in [6.45, 7) is 2.03. The summed E-state index contributed by atoms with van der Waals surface area (Å²) in [6.07, 6.45) is 2.27. The maximum Gasteiger partial charge on any atom is 0.353 e. The van der Waals surface area contributed by atoms with Gasteiger partial charge in [-0.1, -0.05) is 25.1 Å². The van der Waals surface area contributed by atoms with Crippen molar-refractivity contribution in [2.75, 3.05) is 5.32 Å². The molecule has 3 aromatic rings. The molecule has 2 N–H and O–H groups in total. The van der Waals surface area contributed by atoms with Crippen molar-refractivity contribution in [3.8, 4) is 5.75 Å². The Kier molecular flexibility index (Phi) is 7.07. The van der Waals surface area contributed by atoms with Crippen LogP contribution in [0, 0.1) is 0 Å². The van der Waals surface area contributed by atoms with E-state index in [1.807, 2.05) is 19.1 Å². The van der Waals surface area contributed by atoms with E-state index in [0.717, 1.165) is 12.0 Å². The van der Waals surface area contributed by atoms with Gasteiger partial charge in [0.2, 0.25) is 0 Å². The summed E-state index contributed by atoms with van der Waals surface area (Å²) in [5.74, 6) is -1.73. The van der Waals surface area contributed by atoms with Crippen LogP contribution in [0.1, 0.15) is 27.7 Å². The molecule has 0 aliphatic rings. The highest BCUT2D eigenvalue weighted by atomic mass is 32.1. The fraction of sp³-hybridized carbons (Fsp3) is 0.0909. The SMILES string of the molecule is CCc1ccc(NC(=O)C(=O)N/N=C/c2ccc(OC(=O)c3cccs3)cc2)cc1. The molecular weight excluding hydrogens is 402 g/mol. The van der Waals surface area contributed by atoms with E-state index in [1.165, 1.54) is 17.6 Å². The third-order valence-corrected chi connectivity index (χ3v) is 4.87. The standard InChI is InChI=1S/C22H19N3O4S/c1-2-15-5-9-17(10-6-15)24-20(26)21(27)25-23-14-16-7-11-18(12-8-16)29-22(28)19-4-3-13-30-19/h3-14H,2H2,1H3,(H,24,26)(H,25,27)/b23-14+. The van der Waals surface area contributed by atoms with Gasteiger partial charge in [0.05, 0.1) is 6.21 Å². The first-order valence-corrected chi connectivity index (χ1v) is 10.0. The van der Waals surface area contributed by atoms with Gasteiger partial charge in [-0.15, -0.1) is 11.3 Å². The third-order valence-electron chi connectivity index (χ3n) is 4.02. The number of carbonyl (C=O) groups excluding carboxylic acids is 3. The molecule has 1 heterocycles. The minimum absolute atomic E-state index is 0.392. The van der Waals surface area contributed by atoms with Crippen LogP contribution in [0.4, 0.5) is 5.69 Å². The molecular formula is C22H19N3O4S. The minimum atomic E-state index is -0.882. The molecule has 7 nitrogen and oxygen atoms in total. The van der Waals surface area contributed by atoms with Gasteiger partial charge in [0.15, 0.2) is 0 Å². The zero-order valence-corrected chi connectivity index (χ0v) is 16.9. The number of hydrogen-bond donors (Lipinski definition) is 2. The molecule has 0 spiro atoms. The van der Waals surface area contributed by atoms with Crippen molar-refractivity contribution in [1.82, 2.24) is 5.43 Å². The summed E-state index contributed by atoms with van der Waals surface area (Å²) in [6, 6.07) is 17.3. The van der Waals surface area contributed by atoms with Crippen LogP contribution >= 0.6 is 11.3 Å². The van der Waals surface area contributed by atoms with E-state index in [-0.39, 0.29) is 0 Å². The highest BCUT2D eigenvalue weighted by Gasteiger charge is 2.13. The number of nitrogens with zero attached hydrogens (tertiary/aromatic N) is 1. The number of hydrogen-bond acceptors (Lipinski definition) is 6. The maximum atomic E-state index is 11.9. The zero-order chi connectivity index (χ0) is 21.3. The van der Waals surface area contributed by atoms with E-state index in [4.69, 9.17) is 4.74 Å². The number of thiophene rings is 1. The molecule has 1 aromatic heterocycles. The second-order valence-corrected chi connectivity index (χ2v) is 7.09. The zero-order valence-electron chi connectivity index (χ0n) is 16.1. The predicted molar refractivity (Wildman–Crippen MR) is 116 cm³/mol. The number of amides is 2. The lowest BCUT2D eigenvalue weighted by molar-refractivity contribution is -0.136. The second kappa shape index (κ2) is 10.1. The number of hydrazone groups is 1. The number of ether oxygens (including phenoxy) is 1. The molecule has 2 aromatic carbocycles. The summed E-state index contributed by atoms with van der Waals surface area (Å²) < 4.78 is 5.26. The fourth-order valence-corrected chi connectivity index (χ4v) is 3.00. The summed E-state index contributed by atoms with van der Waals surface area (Å²) in [4.78, 5) is 36.2. The van der Waals surface area contributed by atoms with Gasteiger partial charge in [0.1, 0.15) is 10.6 Å². The van der Waals surface area contributed by atoms with Crippen LogP contribution in [0.3, 0.4) is 0 Å². The number of rotatable bonds is 6. The van der Waals surface area contributed by atoms with Gasteiger partial charge in [-0.3, -0.25) is 9.59 Å². The van der Waals surface area contributed by atoms with Crippen LogP contribution in [-0.4, -0.2) is 24.0 Å². The predicted octanol–water partition coefficient (Wildman–Crippen LogP) is 3.62. The van der Waals surface area contributed by atoms with Crippen molar-refractivity contribution in [2.24, 2.45) is 5.10 Å². The van der Waals surface area contributed by atoms with Crippen molar-refractivity contribution in [1.29, 1.82) is 0 Å². The van der Waals surface area contributed by atoms with E-state index in [1.54, 1.807) is 53.9 Å². The van der Waals surface area contributed by atoms with E-state index in [2.05, 4.69) is 15.8 Å². The lowest BCUT2D eigenvalue weighted by atomic mass is 10.1. The Hall–Kier alpha value is -3.78. The highest BCUT2D eigenvalue weighted by molar-refractivity contribution is 7.12. The average Bonchev–Trinajstić information content (AvgIpc) is 3.30. The van der Waals surface area contributed by atoms with Crippen LogP contribution < -0.4 is 15.5 Å². The van der Waals surface area contributed by atoms with Crippen LogP contribution in [0.2, 0.25) is 0 Å². The molecule has 0 saturated heterocycles. The maximum absolute atomic E-state index is 11.9. The van der Waals surface area contributed by atoms with Crippen molar-refractivity contribution < 1.29 is 19.1 Å². The van der Waals surface area contributed by atoms with Crippen LogP contribution in [0.15, 0.2) is 71.1 Å². The highest BCUT2D eigenvalue weighted by Crippen LogP contribution is 2.16. The second-order valence-electron chi connectivity index (χ2n) is 6.14. The summed E-state index contributed by atoms with van der Waals surface area (Å²) >= 11 is 1.30.